The first kappa shape index (κ1) is 48.2. The molecule has 0 spiro atoms. The highest BCUT2D eigenvalue weighted by atomic mass is 16.7. The van der Waals surface area contributed by atoms with Gasteiger partial charge in [0.05, 0.1) is 18.1 Å². The third kappa shape index (κ3) is 9.57. The molecule has 14 heteroatoms. The largest absolute Gasteiger partial charge is 0.509 e. The summed E-state index contributed by atoms with van der Waals surface area (Å²) in [7, 11) is 0. The van der Waals surface area contributed by atoms with Crippen molar-refractivity contribution in [2.45, 2.75) is 136 Å². The predicted octanol–water partition coefficient (Wildman–Crippen LogP) is 8.89. The minimum atomic E-state index is -1.81. The van der Waals surface area contributed by atoms with E-state index < -0.39 is 94.5 Å². The highest BCUT2D eigenvalue weighted by Crippen LogP contribution is 2.64. The summed E-state index contributed by atoms with van der Waals surface area (Å²) in [6.45, 7) is 15.9. The van der Waals surface area contributed by atoms with E-state index in [9.17, 15) is 19.2 Å². The Bertz CT molecular complexity index is 2290. The normalized spacial score (nSPS) is 29.7. The third-order valence-electron chi connectivity index (χ3n) is 14.5. The number of ether oxygens (including phenoxy) is 7. The lowest BCUT2D eigenvalue weighted by Crippen LogP contribution is -2.77. The summed E-state index contributed by atoms with van der Waals surface area (Å²) in [5.41, 5.74) is -1.45. The topological polar surface area (TPSA) is 179 Å². The maximum atomic E-state index is 15.3. The van der Waals surface area contributed by atoms with Crippen LogP contribution in [0.2, 0.25) is 0 Å². The van der Waals surface area contributed by atoms with Crippen LogP contribution in [0.5, 0.6) is 0 Å². The van der Waals surface area contributed by atoms with Gasteiger partial charge >= 0.3 is 30.2 Å². The maximum absolute atomic E-state index is 15.3. The van der Waals surface area contributed by atoms with Crippen molar-refractivity contribution in [2.24, 2.45) is 28.6 Å². The number of esters is 3. The van der Waals surface area contributed by atoms with Gasteiger partial charge < -0.3 is 38.5 Å². The van der Waals surface area contributed by atoms with Crippen LogP contribution in [0, 0.1) is 28.6 Å². The first-order valence-corrected chi connectivity index (χ1v) is 22.9. The second-order valence-corrected chi connectivity index (χ2v) is 20.1. The van der Waals surface area contributed by atoms with Crippen LogP contribution in [-0.2, 0) is 47.5 Å². The molecule has 4 aliphatic carbocycles. The average molecular weight is 910 g/mol. The molecule has 1 aliphatic heterocycles. The number of amides is 1. The fourth-order valence-corrected chi connectivity index (χ4v) is 10.9. The van der Waals surface area contributed by atoms with Crippen LogP contribution in [-0.4, -0.2) is 84.8 Å². The zero-order valence-electron chi connectivity index (χ0n) is 39.4. The van der Waals surface area contributed by atoms with Crippen molar-refractivity contribution in [3.63, 3.8) is 0 Å². The van der Waals surface area contributed by atoms with Crippen LogP contribution in [0.4, 0.5) is 9.59 Å². The highest BCUT2D eigenvalue weighted by Gasteiger charge is 2.73. The van der Waals surface area contributed by atoms with Crippen molar-refractivity contribution in [1.82, 2.24) is 5.32 Å². The molecule has 0 aromatic heterocycles. The molecule has 1 heterocycles. The van der Waals surface area contributed by atoms with Gasteiger partial charge in [0, 0.05) is 24.7 Å². The average Bonchev–Trinajstić information content (AvgIpc) is 3.26. The number of carbonyl (C=O) groups is 6. The molecule has 2 aromatic carbocycles. The Kier molecular flexibility index (Phi) is 13.8. The number of carbonyl (C=O) groups excluding carboxylic acids is 6. The van der Waals surface area contributed by atoms with Gasteiger partial charge in [-0.25, -0.2) is 19.2 Å². The molecule has 5 unspecified atom stereocenters. The Morgan fingerprint density at radius 2 is 1.61 bits per heavy atom. The molecule has 0 radical (unpaired) electrons. The lowest BCUT2D eigenvalue weighted by Gasteiger charge is -2.66. The van der Waals surface area contributed by atoms with Crippen LogP contribution < -0.4 is 5.32 Å². The van der Waals surface area contributed by atoms with Gasteiger partial charge in [0.25, 0.3) is 0 Å². The zero-order valence-corrected chi connectivity index (χ0v) is 39.4. The van der Waals surface area contributed by atoms with Crippen LogP contribution in [0.15, 0.2) is 95.6 Å². The van der Waals surface area contributed by atoms with E-state index in [0.717, 1.165) is 18.4 Å². The van der Waals surface area contributed by atoms with E-state index >= 15 is 9.59 Å². The van der Waals surface area contributed by atoms with Gasteiger partial charge in [-0.05, 0) is 93.6 Å². The Morgan fingerprint density at radius 1 is 0.924 bits per heavy atom. The number of alkyl carbamates (subject to hydrolysis) is 1. The lowest BCUT2D eigenvalue weighted by atomic mass is 9.45. The van der Waals surface area contributed by atoms with E-state index in [4.69, 9.17) is 33.2 Å². The van der Waals surface area contributed by atoms with E-state index in [1.165, 1.54) is 6.92 Å². The summed E-state index contributed by atoms with van der Waals surface area (Å²) < 4.78 is 42.6. The van der Waals surface area contributed by atoms with Gasteiger partial charge in [-0.1, -0.05) is 100 Å². The summed E-state index contributed by atoms with van der Waals surface area (Å²) >= 11 is 0. The smallest absolute Gasteiger partial charge is 0.458 e. The molecule has 3 fully saturated rings. The molecule has 66 heavy (non-hydrogen) atoms. The number of hydrogen-bond acceptors (Lipinski definition) is 13. The minimum absolute atomic E-state index is 0.00160. The summed E-state index contributed by atoms with van der Waals surface area (Å²) in [5, 5.41) is 2.74. The second kappa shape index (κ2) is 18.9. The minimum Gasteiger partial charge on any atom is -0.458 e. The molecule has 2 bridgehead atoms. The number of rotatable bonds is 11. The van der Waals surface area contributed by atoms with E-state index in [1.807, 2.05) is 52.8 Å². The molecular formula is C52H63NO13. The zero-order chi connectivity index (χ0) is 47.8. The molecule has 2 saturated carbocycles. The van der Waals surface area contributed by atoms with E-state index in [2.05, 4.69) is 5.32 Å². The second-order valence-electron chi connectivity index (χ2n) is 20.1. The Balaban J connectivity index is 1.31. The molecular weight excluding hydrogens is 847 g/mol. The predicted molar refractivity (Wildman–Crippen MR) is 241 cm³/mol. The molecule has 1 saturated heterocycles. The van der Waals surface area contributed by atoms with Crippen LogP contribution in [0.25, 0.3) is 0 Å². The molecule has 10 atom stereocenters. The number of allylic oxidation sites excluding steroid dienone is 3. The van der Waals surface area contributed by atoms with Crippen LogP contribution >= 0.6 is 0 Å². The van der Waals surface area contributed by atoms with Crippen molar-refractivity contribution in [2.75, 3.05) is 13.2 Å². The molecule has 1 amide bonds. The number of benzene rings is 2. The van der Waals surface area contributed by atoms with Crippen molar-refractivity contribution in [1.29, 1.82) is 0 Å². The van der Waals surface area contributed by atoms with Crippen molar-refractivity contribution < 1.29 is 61.9 Å². The van der Waals surface area contributed by atoms with Crippen molar-refractivity contribution in [3.8, 4) is 0 Å². The quantitative estimate of drug-likeness (QED) is 0.129. The summed E-state index contributed by atoms with van der Waals surface area (Å²) in [4.78, 5) is 84.7. The Hall–Kier alpha value is -5.76. The van der Waals surface area contributed by atoms with E-state index in [0.29, 0.717) is 23.1 Å². The van der Waals surface area contributed by atoms with E-state index in [-0.39, 0.29) is 43.3 Å². The monoisotopic (exact) mass is 909 g/mol. The number of Topliss-reactive ketones (excluding diaryl/α,β-unsaturated/α-hetero) is 1. The maximum Gasteiger partial charge on any atom is 0.509 e. The summed E-state index contributed by atoms with van der Waals surface area (Å²) in [5.74, 6) is -4.11. The third-order valence-corrected chi connectivity index (χ3v) is 14.5. The van der Waals surface area contributed by atoms with Gasteiger partial charge in [0.1, 0.15) is 42.3 Å². The van der Waals surface area contributed by atoms with Gasteiger partial charge in [0.15, 0.2) is 5.60 Å². The molecule has 354 valence electrons. The van der Waals surface area contributed by atoms with Gasteiger partial charge in [-0.3, -0.25) is 9.59 Å². The van der Waals surface area contributed by atoms with E-state index in [1.54, 1.807) is 81.4 Å². The summed E-state index contributed by atoms with van der Waals surface area (Å²) in [6, 6.07) is 15.7. The van der Waals surface area contributed by atoms with Crippen molar-refractivity contribution >= 4 is 35.9 Å². The first-order chi connectivity index (χ1) is 31.2. The molecule has 14 nitrogen and oxygen atoms in total. The Labute approximate surface area is 386 Å². The SMILES string of the molecule is CC(=O)O[C@@]12COC1CC(C)C1(C)C(=O)CC3=C(C)[C@@H](OC(=O)[C@H](OC(=O)OCC4=CCCC=C4)[C@@H](NC(=O)OC(C)(C)C)c4ccccc4)CC([C@@H](OC(=O)c4ccccc4)C12)C3(C)C. The number of fused-ring (bicyclic) bond motifs is 5. The fraction of sp³-hybridized carbons (Fsp3) is 0.538. The first-order valence-electron chi connectivity index (χ1n) is 22.9. The van der Waals surface area contributed by atoms with Crippen LogP contribution in [0.3, 0.4) is 0 Å². The molecule has 2 aromatic rings. The lowest BCUT2D eigenvalue weighted by molar-refractivity contribution is -0.328. The van der Waals surface area contributed by atoms with Gasteiger partial charge in [-0.2, -0.15) is 0 Å². The van der Waals surface area contributed by atoms with Gasteiger partial charge in [-0.15, -0.1) is 0 Å². The number of hydrogen-bond donors (Lipinski definition) is 1. The molecule has 7 rings (SSSR count). The van der Waals surface area contributed by atoms with Crippen LogP contribution in [0.1, 0.15) is 116 Å². The Morgan fingerprint density at radius 3 is 2.21 bits per heavy atom. The highest BCUT2D eigenvalue weighted by molar-refractivity contribution is 5.91. The standard InChI is InChI=1S/C52H63NO13/c1-30-25-40-52(29-61-40,65-32(3)54)44-42(63-45(56)35-23-17-12-18-24-35)37-26-38(31(2)36(50(37,7)8)27-39(55)51(30,44)9)62-46(57)43(64-48(59)60-28-33-19-13-10-14-20-33)41(34-21-15-11-16-22-34)53-47(58)66-49(4,5)6/h11-13,15-24,30,37-38,40-44H,10,14,25-29H2,1-9H3,(H,53,58)/t30?,37?,38-,40?,41-,42+,43+,44?,51?,52-/m0/s1. The summed E-state index contributed by atoms with van der Waals surface area (Å²) in [6.07, 6.45) is 1.35. The fourth-order valence-electron chi connectivity index (χ4n) is 10.9. The molecule has 1 N–H and O–H groups in total. The van der Waals surface area contributed by atoms with Gasteiger partial charge in [0.2, 0.25) is 6.10 Å². The number of ketones is 1. The van der Waals surface area contributed by atoms with Crippen molar-refractivity contribution in [3.05, 3.63) is 107 Å². The number of nitrogens with one attached hydrogen (secondary N) is 1. The molecule has 5 aliphatic rings.